The lowest BCUT2D eigenvalue weighted by Crippen LogP contribution is -2.19. The van der Waals surface area contributed by atoms with Crippen molar-refractivity contribution in [3.05, 3.63) is 64.7 Å². The molecule has 0 aliphatic heterocycles. The Bertz CT molecular complexity index is 986. The molecule has 0 saturated carbocycles. The van der Waals surface area contributed by atoms with Crippen LogP contribution in [0.4, 0.5) is 0 Å². The molecule has 0 aliphatic carbocycles. The van der Waals surface area contributed by atoms with Crippen LogP contribution in [0, 0.1) is 6.92 Å². The number of nitrogens with zero attached hydrogens (tertiary/aromatic N) is 3. The Balaban J connectivity index is 1.84. The summed E-state index contributed by atoms with van der Waals surface area (Å²) in [5, 5.41) is 4.60. The van der Waals surface area contributed by atoms with Crippen molar-refractivity contribution in [2.75, 3.05) is 14.2 Å². The number of pyridine rings is 1. The fourth-order valence-electron chi connectivity index (χ4n) is 2.52. The van der Waals surface area contributed by atoms with Gasteiger partial charge in [0.1, 0.15) is 18.7 Å². The maximum Gasteiger partial charge on any atom is 0.360 e. The van der Waals surface area contributed by atoms with Crippen LogP contribution in [0.5, 0.6) is 5.88 Å². The van der Waals surface area contributed by atoms with Crippen LogP contribution in [0.1, 0.15) is 16.0 Å². The molecule has 28 heavy (non-hydrogen) atoms. The molecule has 0 spiro atoms. The second kappa shape index (κ2) is 9.09. The third kappa shape index (κ3) is 4.34. The summed E-state index contributed by atoms with van der Waals surface area (Å²) >= 11 is 1.51. The molecule has 0 bridgehead atoms. The highest BCUT2D eigenvalue weighted by atomic mass is 32.1. The highest BCUT2D eigenvalue weighted by Gasteiger charge is 2.20. The fourth-order valence-corrected chi connectivity index (χ4v) is 3.36. The number of rotatable bonds is 7. The van der Waals surface area contributed by atoms with Crippen molar-refractivity contribution in [2.24, 2.45) is 5.16 Å². The van der Waals surface area contributed by atoms with Gasteiger partial charge in [0.15, 0.2) is 5.71 Å². The summed E-state index contributed by atoms with van der Waals surface area (Å²) in [5.41, 5.74) is 2.21. The van der Waals surface area contributed by atoms with Gasteiger partial charge in [0.2, 0.25) is 5.88 Å². The number of ether oxygens (including phenoxy) is 2. The average molecular weight is 397 g/mol. The van der Waals surface area contributed by atoms with Gasteiger partial charge in [-0.15, -0.1) is 11.3 Å². The number of esters is 1. The smallest absolute Gasteiger partial charge is 0.360 e. The molecular formula is C20H19N3O4S. The standard InChI is InChI=1S/C20H19N3O4S/c1-13-18(22-19(28-13)16-10-6-7-11-21-16)27-12-14-8-4-5-9-15(14)17(23-26-3)20(24)25-2/h4-11H,12H2,1-3H3. The molecule has 0 radical (unpaired) electrons. The molecule has 7 nitrogen and oxygen atoms in total. The molecular weight excluding hydrogens is 378 g/mol. The van der Waals surface area contributed by atoms with Crippen LogP contribution in [-0.4, -0.2) is 35.9 Å². The van der Waals surface area contributed by atoms with Crippen LogP contribution in [0.15, 0.2) is 53.8 Å². The Kier molecular flexibility index (Phi) is 6.33. The number of methoxy groups -OCH3 is 1. The number of hydrogen-bond acceptors (Lipinski definition) is 8. The molecule has 0 N–H and O–H groups in total. The van der Waals surface area contributed by atoms with Gasteiger partial charge >= 0.3 is 5.97 Å². The monoisotopic (exact) mass is 397 g/mol. The lowest BCUT2D eigenvalue weighted by molar-refractivity contribution is -0.132. The predicted octanol–water partition coefficient (Wildman–Crippen LogP) is 3.62. The molecule has 3 aromatic rings. The molecule has 0 amide bonds. The third-order valence-electron chi connectivity index (χ3n) is 3.84. The number of aromatic nitrogens is 2. The first kappa shape index (κ1) is 19.5. The molecule has 1 aromatic carbocycles. The minimum absolute atomic E-state index is 0.0772. The summed E-state index contributed by atoms with van der Waals surface area (Å²) in [6, 6.07) is 13.0. The first-order valence-corrected chi connectivity index (χ1v) is 9.25. The van der Waals surface area contributed by atoms with Crippen LogP contribution < -0.4 is 4.74 Å². The van der Waals surface area contributed by atoms with E-state index in [0.717, 1.165) is 21.1 Å². The molecule has 2 aromatic heterocycles. The Hall–Kier alpha value is -3.26. The normalized spacial score (nSPS) is 11.2. The Morgan fingerprint density at radius 1 is 1.14 bits per heavy atom. The van der Waals surface area contributed by atoms with Gasteiger partial charge in [0.25, 0.3) is 0 Å². The van der Waals surface area contributed by atoms with Crippen molar-refractivity contribution in [3.8, 4) is 16.6 Å². The number of carbonyl (C=O) groups excluding carboxylic acids is 1. The summed E-state index contributed by atoms with van der Waals surface area (Å²) in [6.07, 6.45) is 1.73. The minimum atomic E-state index is -0.587. The Morgan fingerprint density at radius 2 is 1.93 bits per heavy atom. The van der Waals surface area contributed by atoms with Gasteiger partial charge in [-0.05, 0) is 24.6 Å². The van der Waals surface area contributed by atoms with Gasteiger partial charge in [-0.25, -0.2) is 4.79 Å². The van der Waals surface area contributed by atoms with Crippen LogP contribution in [0.25, 0.3) is 10.7 Å². The van der Waals surface area contributed by atoms with Crippen LogP contribution in [-0.2, 0) is 21.0 Å². The molecule has 8 heteroatoms. The van der Waals surface area contributed by atoms with Gasteiger partial charge in [0.05, 0.1) is 17.7 Å². The first-order valence-electron chi connectivity index (χ1n) is 8.43. The average Bonchev–Trinajstić information content (AvgIpc) is 3.11. The molecule has 0 fully saturated rings. The summed E-state index contributed by atoms with van der Waals surface area (Å²) in [5.74, 6) is -0.0552. The van der Waals surface area contributed by atoms with E-state index in [1.165, 1.54) is 25.6 Å². The van der Waals surface area contributed by atoms with E-state index in [4.69, 9.17) is 14.3 Å². The predicted molar refractivity (Wildman–Crippen MR) is 106 cm³/mol. The zero-order chi connectivity index (χ0) is 19.9. The van der Waals surface area contributed by atoms with Crippen molar-refractivity contribution in [1.29, 1.82) is 0 Å². The molecule has 0 saturated heterocycles. The van der Waals surface area contributed by atoms with E-state index < -0.39 is 5.97 Å². The maximum atomic E-state index is 12.1. The number of benzene rings is 1. The molecule has 144 valence electrons. The van der Waals surface area contributed by atoms with Crippen LogP contribution in [0.3, 0.4) is 0 Å². The molecule has 0 aliphatic rings. The van der Waals surface area contributed by atoms with E-state index in [1.54, 1.807) is 18.3 Å². The first-order chi connectivity index (χ1) is 13.6. The van der Waals surface area contributed by atoms with Gasteiger partial charge < -0.3 is 14.3 Å². The van der Waals surface area contributed by atoms with Crippen LogP contribution >= 0.6 is 11.3 Å². The van der Waals surface area contributed by atoms with Crippen LogP contribution in [0.2, 0.25) is 0 Å². The molecule has 0 unspecified atom stereocenters. The molecule has 0 atom stereocenters. The molecule has 3 rings (SSSR count). The topological polar surface area (TPSA) is 82.9 Å². The number of aryl methyl sites for hydroxylation is 1. The summed E-state index contributed by atoms with van der Waals surface area (Å²) in [7, 11) is 2.67. The zero-order valence-corrected chi connectivity index (χ0v) is 16.5. The highest BCUT2D eigenvalue weighted by Crippen LogP contribution is 2.31. The lowest BCUT2D eigenvalue weighted by Gasteiger charge is -2.11. The van der Waals surface area contributed by atoms with E-state index in [1.807, 2.05) is 37.3 Å². The quantitative estimate of drug-likeness (QED) is 0.344. The highest BCUT2D eigenvalue weighted by molar-refractivity contribution is 7.15. The maximum absolute atomic E-state index is 12.1. The van der Waals surface area contributed by atoms with E-state index in [-0.39, 0.29) is 12.3 Å². The van der Waals surface area contributed by atoms with Gasteiger partial charge in [0, 0.05) is 11.8 Å². The Morgan fingerprint density at radius 3 is 2.64 bits per heavy atom. The zero-order valence-electron chi connectivity index (χ0n) is 15.7. The number of hydrogen-bond donors (Lipinski definition) is 0. The van der Waals surface area contributed by atoms with E-state index in [0.29, 0.717) is 11.4 Å². The molecule has 2 heterocycles. The van der Waals surface area contributed by atoms with E-state index >= 15 is 0 Å². The lowest BCUT2D eigenvalue weighted by atomic mass is 10.0. The number of thiazole rings is 1. The van der Waals surface area contributed by atoms with Gasteiger partial charge in [-0.2, -0.15) is 4.98 Å². The van der Waals surface area contributed by atoms with Gasteiger partial charge in [-0.3, -0.25) is 4.98 Å². The number of carbonyl (C=O) groups is 1. The summed E-state index contributed by atoms with van der Waals surface area (Å²) in [4.78, 5) is 26.7. The third-order valence-corrected chi connectivity index (χ3v) is 4.81. The van der Waals surface area contributed by atoms with Crippen molar-refractivity contribution in [1.82, 2.24) is 9.97 Å². The second-order valence-electron chi connectivity index (χ2n) is 5.66. The Labute approximate surface area is 166 Å². The SMILES string of the molecule is CON=C(C(=O)OC)c1ccccc1COc1nc(-c2ccccn2)sc1C. The largest absolute Gasteiger partial charge is 0.472 e. The second-order valence-corrected chi connectivity index (χ2v) is 6.86. The van der Waals surface area contributed by atoms with Gasteiger partial charge in [-0.1, -0.05) is 35.5 Å². The number of oxime groups is 1. The fraction of sp³-hybridized carbons (Fsp3) is 0.200. The van der Waals surface area contributed by atoms with E-state index in [9.17, 15) is 4.79 Å². The minimum Gasteiger partial charge on any atom is -0.472 e. The van der Waals surface area contributed by atoms with E-state index in [2.05, 4.69) is 15.1 Å². The van der Waals surface area contributed by atoms with Crippen molar-refractivity contribution < 1.29 is 19.1 Å². The van der Waals surface area contributed by atoms with Crippen molar-refractivity contribution in [2.45, 2.75) is 13.5 Å². The summed E-state index contributed by atoms with van der Waals surface area (Å²) in [6.45, 7) is 2.15. The van der Waals surface area contributed by atoms with Crippen molar-refractivity contribution >= 4 is 23.0 Å². The summed E-state index contributed by atoms with van der Waals surface area (Å²) < 4.78 is 10.7. The van der Waals surface area contributed by atoms with Crippen molar-refractivity contribution in [3.63, 3.8) is 0 Å².